The van der Waals surface area contributed by atoms with Gasteiger partial charge in [-0.1, -0.05) is 11.8 Å². The zero-order chi connectivity index (χ0) is 18.1. The quantitative estimate of drug-likeness (QED) is 0.647. The first kappa shape index (κ1) is 17.0. The predicted octanol–water partition coefficient (Wildman–Crippen LogP) is 3.92. The molecule has 0 fully saturated rings. The zero-order valence-corrected chi connectivity index (χ0v) is 14.7. The molecule has 0 aliphatic carbocycles. The van der Waals surface area contributed by atoms with Crippen LogP contribution in [0.25, 0.3) is 11.4 Å². The summed E-state index contributed by atoms with van der Waals surface area (Å²) >= 11 is 1.43. The van der Waals surface area contributed by atoms with Gasteiger partial charge in [0, 0.05) is 29.5 Å². The Morgan fingerprint density at radius 3 is 2.73 bits per heavy atom. The van der Waals surface area contributed by atoms with E-state index in [4.69, 9.17) is 9.47 Å². The number of hydrogen-bond acceptors (Lipinski definition) is 5. The van der Waals surface area contributed by atoms with Crippen LogP contribution in [0, 0.1) is 11.6 Å². The minimum Gasteiger partial charge on any atom is -0.467 e. The van der Waals surface area contributed by atoms with E-state index in [2.05, 4.69) is 10.2 Å². The highest BCUT2D eigenvalue weighted by Gasteiger charge is 2.18. The number of rotatable bonds is 4. The van der Waals surface area contributed by atoms with Crippen molar-refractivity contribution in [3.8, 4) is 17.1 Å². The van der Waals surface area contributed by atoms with Crippen molar-refractivity contribution in [3.63, 3.8) is 0 Å². The molecule has 0 N–H and O–H groups in total. The second-order valence-corrected chi connectivity index (χ2v) is 6.77. The number of benzene rings is 2. The van der Waals surface area contributed by atoms with Gasteiger partial charge in [-0.3, -0.25) is 0 Å². The molecule has 2 aromatic carbocycles. The van der Waals surface area contributed by atoms with Gasteiger partial charge in [-0.2, -0.15) is 0 Å². The molecule has 3 aromatic rings. The maximum Gasteiger partial charge on any atom is 0.191 e. The molecule has 0 saturated carbocycles. The molecule has 4 rings (SSSR count). The Hall–Kier alpha value is -2.45. The fourth-order valence-electron chi connectivity index (χ4n) is 2.80. The molecule has 5 nitrogen and oxygen atoms in total. The molecular weight excluding hydrogens is 360 g/mol. The molecule has 0 spiro atoms. The smallest absolute Gasteiger partial charge is 0.191 e. The second-order valence-electron chi connectivity index (χ2n) is 5.82. The van der Waals surface area contributed by atoms with Gasteiger partial charge in [-0.15, -0.1) is 10.2 Å². The van der Waals surface area contributed by atoms with Crippen LogP contribution in [0.1, 0.15) is 11.1 Å². The summed E-state index contributed by atoms with van der Waals surface area (Å²) in [6.07, 6.45) is 0. The molecule has 0 atom stereocenters. The first-order valence-corrected chi connectivity index (χ1v) is 8.90. The van der Waals surface area contributed by atoms with Gasteiger partial charge < -0.3 is 14.0 Å². The van der Waals surface area contributed by atoms with E-state index in [0.29, 0.717) is 34.7 Å². The van der Waals surface area contributed by atoms with Gasteiger partial charge in [0.15, 0.2) is 17.8 Å². The first-order valence-electron chi connectivity index (χ1n) is 7.92. The Morgan fingerprint density at radius 1 is 1.12 bits per heavy atom. The average Bonchev–Trinajstić information content (AvgIpc) is 3.01. The average molecular weight is 375 g/mol. The third kappa shape index (κ3) is 3.30. The van der Waals surface area contributed by atoms with Crippen LogP contribution in [0.15, 0.2) is 41.6 Å². The fraction of sp³-hybridized carbons (Fsp3) is 0.222. The lowest BCUT2D eigenvalue weighted by Gasteiger charge is -2.20. The molecule has 0 unspecified atom stereocenters. The van der Waals surface area contributed by atoms with Gasteiger partial charge in [0.1, 0.15) is 17.4 Å². The van der Waals surface area contributed by atoms with Crippen LogP contribution in [0.5, 0.6) is 5.75 Å². The third-order valence-corrected chi connectivity index (χ3v) is 5.11. The normalized spacial score (nSPS) is 13.3. The summed E-state index contributed by atoms with van der Waals surface area (Å²) in [6.45, 7) is 0.498. The third-order valence-electron chi connectivity index (χ3n) is 4.05. The van der Waals surface area contributed by atoms with E-state index >= 15 is 0 Å². The Balaban J connectivity index is 1.56. The van der Waals surface area contributed by atoms with Crippen molar-refractivity contribution in [2.75, 3.05) is 6.79 Å². The number of ether oxygens (including phenoxy) is 2. The number of fused-ring (bicyclic) bond motifs is 1. The van der Waals surface area contributed by atoms with Crippen molar-refractivity contribution in [2.45, 2.75) is 17.5 Å². The molecule has 0 saturated heterocycles. The van der Waals surface area contributed by atoms with Crippen LogP contribution in [-0.4, -0.2) is 21.6 Å². The lowest BCUT2D eigenvalue weighted by Crippen LogP contribution is -2.13. The van der Waals surface area contributed by atoms with Gasteiger partial charge in [-0.05, 0) is 36.4 Å². The summed E-state index contributed by atoms with van der Waals surface area (Å²) in [4.78, 5) is 0. The highest BCUT2D eigenvalue weighted by Crippen LogP contribution is 2.34. The highest BCUT2D eigenvalue weighted by atomic mass is 32.2. The van der Waals surface area contributed by atoms with Crippen LogP contribution in [0.2, 0.25) is 0 Å². The van der Waals surface area contributed by atoms with E-state index in [9.17, 15) is 8.78 Å². The van der Waals surface area contributed by atoms with E-state index in [0.717, 1.165) is 11.1 Å². The van der Waals surface area contributed by atoms with E-state index in [1.54, 1.807) is 12.1 Å². The number of hydrogen-bond donors (Lipinski definition) is 0. The zero-order valence-electron chi connectivity index (χ0n) is 13.9. The summed E-state index contributed by atoms with van der Waals surface area (Å²) < 4.78 is 39.5. The number of aromatic nitrogens is 3. The lowest BCUT2D eigenvalue weighted by atomic mass is 10.1. The predicted molar refractivity (Wildman–Crippen MR) is 92.6 cm³/mol. The minimum atomic E-state index is -0.321. The Bertz CT molecular complexity index is 944. The van der Waals surface area contributed by atoms with Crippen molar-refractivity contribution in [1.82, 2.24) is 14.8 Å². The van der Waals surface area contributed by atoms with Gasteiger partial charge in [0.2, 0.25) is 0 Å². The molecule has 1 aliphatic rings. The van der Waals surface area contributed by atoms with Crippen LogP contribution in [0.4, 0.5) is 8.78 Å². The van der Waals surface area contributed by atoms with E-state index in [-0.39, 0.29) is 18.4 Å². The largest absolute Gasteiger partial charge is 0.467 e. The van der Waals surface area contributed by atoms with Crippen LogP contribution in [0.3, 0.4) is 0 Å². The summed E-state index contributed by atoms with van der Waals surface area (Å²) in [6, 6.07) is 8.98. The van der Waals surface area contributed by atoms with Crippen LogP contribution < -0.4 is 4.74 Å². The summed E-state index contributed by atoms with van der Waals surface area (Å²) in [7, 11) is 1.84. The molecular formula is C18H15F2N3O2S. The van der Waals surface area contributed by atoms with Gasteiger partial charge >= 0.3 is 0 Å². The SMILES string of the molecule is Cn1c(SCc2cc(F)cc3c2OCOC3)nnc1-c1ccc(F)cc1. The molecule has 0 radical (unpaired) electrons. The first-order chi connectivity index (χ1) is 12.6. The van der Waals surface area contributed by atoms with Crippen LogP contribution >= 0.6 is 11.8 Å². The molecule has 8 heteroatoms. The number of halogens is 2. The van der Waals surface area contributed by atoms with Crippen molar-refractivity contribution in [2.24, 2.45) is 7.05 Å². The fourth-order valence-corrected chi connectivity index (χ4v) is 3.67. The minimum absolute atomic E-state index is 0.162. The number of thioether (sulfide) groups is 1. The maximum atomic E-state index is 13.8. The second kappa shape index (κ2) is 7.05. The standard InChI is InChI=1S/C18H15F2N3O2S/c1-23-17(11-2-4-14(19)5-3-11)21-22-18(23)26-9-13-7-15(20)6-12-8-24-10-25-16(12)13/h2-7H,8-10H2,1H3. The van der Waals surface area contributed by atoms with Gasteiger partial charge in [0.05, 0.1) is 6.61 Å². The lowest BCUT2D eigenvalue weighted by molar-refractivity contribution is -0.0171. The molecule has 134 valence electrons. The number of nitrogens with zero attached hydrogens (tertiary/aromatic N) is 3. The van der Waals surface area contributed by atoms with Crippen LogP contribution in [-0.2, 0) is 24.1 Å². The maximum absolute atomic E-state index is 13.8. The summed E-state index contributed by atoms with van der Waals surface area (Å²) in [5, 5.41) is 9.04. The molecule has 0 amide bonds. The van der Waals surface area contributed by atoms with Crippen molar-refractivity contribution in [3.05, 3.63) is 59.2 Å². The Kier molecular flexibility index (Phi) is 4.60. The summed E-state index contributed by atoms with van der Waals surface area (Å²) in [5.41, 5.74) is 2.23. The van der Waals surface area contributed by atoms with Gasteiger partial charge in [-0.25, -0.2) is 8.78 Å². The molecule has 1 aliphatic heterocycles. The Labute approximate surface area is 153 Å². The topological polar surface area (TPSA) is 49.2 Å². The molecule has 0 bridgehead atoms. The molecule has 1 aromatic heterocycles. The molecule has 2 heterocycles. The van der Waals surface area contributed by atoms with Crippen molar-refractivity contribution < 1.29 is 18.3 Å². The molecule has 26 heavy (non-hydrogen) atoms. The monoisotopic (exact) mass is 375 g/mol. The summed E-state index contributed by atoms with van der Waals surface area (Å²) in [5.74, 6) is 1.17. The Morgan fingerprint density at radius 2 is 1.92 bits per heavy atom. The van der Waals surface area contributed by atoms with E-state index < -0.39 is 0 Å². The van der Waals surface area contributed by atoms with Gasteiger partial charge in [0.25, 0.3) is 0 Å². The van der Waals surface area contributed by atoms with E-state index in [1.807, 2.05) is 11.6 Å². The van der Waals surface area contributed by atoms with E-state index in [1.165, 1.54) is 36.0 Å². The van der Waals surface area contributed by atoms with Crippen molar-refractivity contribution >= 4 is 11.8 Å². The van der Waals surface area contributed by atoms with Crippen molar-refractivity contribution in [1.29, 1.82) is 0 Å². The highest BCUT2D eigenvalue weighted by molar-refractivity contribution is 7.98.